The number of carbonyl (C=O) groups is 1. The van der Waals surface area contributed by atoms with Crippen LogP contribution in [-0.2, 0) is 6.42 Å². The van der Waals surface area contributed by atoms with Crippen molar-refractivity contribution < 1.29 is 4.79 Å². The Balaban J connectivity index is 2.74. The zero-order valence-electron chi connectivity index (χ0n) is 7.49. The summed E-state index contributed by atoms with van der Waals surface area (Å²) in [6.45, 7) is 3.48. The minimum Gasteiger partial charge on any atom is -0.298 e. The first-order chi connectivity index (χ1) is 6.38. The summed E-state index contributed by atoms with van der Waals surface area (Å²) in [6.07, 6.45) is 4.53. The number of allylic oxidation sites excluding steroid dienone is 1. The average molecular weight is 172 g/mol. The van der Waals surface area contributed by atoms with Gasteiger partial charge in [-0.05, 0) is 24.5 Å². The molecule has 0 bridgehead atoms. The summed E-state index contributed by atoms with van der Waals surface area (Å²) >= 11 is 0. The Morgan fingerprint density at radius 3 is 2.85 bits per heavy atom. The van der Waals surface area contributed by atoms with Crippen LogP contribution in [0.4, 0.5) is 0 Å². The van der Waals surface area contributed by atoms with Crippen molar-refractivity contribution in [1.82, 2.24) is 0 Å². The summed E-state index contributed by atoms with van der Waals surface area (Å²) in [5, 5.41) is 0. The molecule has 0 unspecified atom stereocenters. The highest BCUT2D eigenvalue weighted by molar-refractivity contribution is 5.77. The average Bonchev–Trinajstić information content (AvgIpc) is 2.19. The largest absolute Gasteiger partial charge is 0.298 e. The maximum atomic E-state index is 10.6. The van der Waals surface area contributed by atoms with Crippen molar-refractivity contribution in [3.8, 4) is 0 Å². The fourth-order valence-electron chi connectivity index (χ4n) is 1.21. The minimum atomic E-state index is 0.778. The molecule has 0 aliphatic heterocycles. The van der Waals surface area contributed by atoms with Crippen LogP contribution in [0, 0.1) is 0 Å². The Morgan fingerprint density at radius 2 is 2.15 bits per heavy atom. The van der Waals surface area contributed by atoms with Crippen LogP contribution in [0.1, 0.15) is 22.3 Å². The molecule has 1 rings (SSSR count). The van der Waals surface area contributed by atoms with Crippen molar-refractivity contribution in [2.45, 2.75) is 12.8 Å². The number of aldehydes is 1. The molecule has 1 heteroatoms. The van der Waals surface area contributed by atoms with E-state index in [1.165, 1.54) is 0 Å². The molecule has 0 saturated heterocycles. The van der Waals surface area contributed by atoms with Gasteiger partial charge in [-0.3, -0.25) is 4.79 Å². The van der Waals surface area contributed by atoms with E-state index >= 15 is 0 Å². The van der Waals surface area contributed by atoms with Crippen molar-refractivity contribution in [3.63, 3.8) is 0 Å². The highest BCUT2D eigenvalue weighted by Gasteiger charge is 1.97. The SMILES string of the molecule is C=C=CCCc1ccccc1C=O. The van der Waals surface area contributed by atoms with Gasteiger partial charge >= 0.3 is 0 Å². The summed E-state index contributed by atoms with van der Waals surface area (Å²) in [4.78, 5) is 10.6. The fraction of sp³-hybridized carbons (Fsp3) is 0.167. The summed E-state index contributed by atoms with van der Waals surface area (Å²) in [5.74, 6) is 0. The third-order valence-electron chi connectivity index (χ3n) is 1.88. The zero-order valence-corrected chi connectivity index (χ0v) is 7.49. The van der Waals surface area contributed by atoms with Gasteiger partial charge in [0.15, 0.2) is 0 Å². The van der Waals surface area contributed by atoms with E-state index in [0.717, 1.165) is 30.3 Å². The predicted molar refractivity (Wildman–Crippen MR) is 53.9 cm³/mol. The molecule has 0 fully saturated rings. The van der Waals surface area contributed by atoms with Crippen LogP contribution in [0.15, 0.2) is 42.7 Å². The molecular weight excluding hydrogens is 160 g/mol. The highest BCUT2D eigenvalue weighted by Crippen LogP contribution is 2.08. The van der Waals surface area contributed by atoms with Crippen molar-refractivity contribution in [2.24, 2.45) is 0 Å². The standard InChI is InChI=1S/C12H12O/c1-2-3-4-7-11-8-5-6-9-12(11)10-13/h3,5-6,8-10H,1,4,7H2. The summed E-state index contributed by atoms with van der Waals surface area (Å²) in [5.41, 5.74) is 4.58. The molecule has 0 N–H and O–H groups in total. The first kappa shape index (κ1) is 9.50. The van der Waals surface area contributed by atoms with Crippen molar-refractivity contribution in [1.29, 1.82) is 0 Å². The number of aryl methyl sites for hydroxylation is 1. The summed E-state index contributed by atoms with van der Waals surface area (Å²) in [6, 6.07) is 7.62. The minimum absolute atomic E-state index is 0.778. The molecule has 0 amide bonds. The van der Waals surface area contributed by atoms with Gasteiger partial charge in [-0.1, -0.05) is 30.8 Å². The van der Waals surface area contributed by atoms with Gasteiger partial charge in [-0.25, -0.2) is 0 Å². The molecule has 0 spiro atoms. The number of hydrogen-bond donors (Lipinski definition) is 0. The summed E-state index contributed by atoms with van der Waals surface area (Å²) < 4.78 is 0. The maximum absolute atomic E-state index is 10.6. The van der Waals surface area contributed by atoms with E-state index in [9.17, 15) is 4.79 Å². The van der Waals surface area contributed by atoms with Crippen LogP contribution >= 0.6 is 0 Å². The van der Waals surface area contributed by atoms with Gasteiger partial charge in [0.2, 0.25) is 0 Å². The molecule has 0 aromatic heterocycles. The molecular formula is C12H12O. The van der Waals surface area contributed by atoms with E-state index in [0.29, 0.717) is 0 Å². The number of benzene rings is 1. The van der Waals surface area contributed by atoms with Gasteiger partial charge in [0, 0.05) is 5.56 Å². The topological polar surface area (TPSA) is 17.1 Å². The van der Waals surface area contributed by atoms with Crippen LogP contribution in [-0.4, -0.2) is 6.29 Å². The monoisotopic (exact) mass is 172 g/mol. The Hall–Kier alpha value is -1.59. The Kier molecular flexibility index (Phi) is 3.74. The first-order valence-corrected chi connectivity index (χ1v) is 4.26. The fourth-order valence-corrected chi connectivity index (χ4v) is 1.21. The number of carbonyl (C=O) groups excluding carboxylic acids is 1. The van der Waals surface area contributed by atoms with E-state index < -0.39 is 0 Å². The quantitative estimate of drug-likeness (QED) is 0.504. The molecule has 13 heavy (non-hydrogen) atoms. The maximum Gasteiger partial charge on any atom is 0.150 e. The normalized spacial score (nSPS) is 8.92. The molecule has 0 saturated carbocycles. The molecule has 1 nitrogen and oxygen atoms in total. The lowest BCUT2D eigenvalue weighted by atomic mass is 10.0. The molecule has 1 aromatic carbocycles. The second-order valence-corrected chi connectivity index (χ2v) is 2.76. The van der Waals surface area contributed by atoms with Crippen molar-refractivity contribution in [3.05, 3.63) is 53.8 Å². The zero-order chi connectivity index (χ0) is 9.52. The van der Waals surface area contributed by atoms with Crippen LogP contribution < -0.4 is 0 Å². The second-order valence-electron chi connectivity index (χ2n) is 2.76. The van der Waals surface area contributed by atoms with Crippen LogP contribution in [0.25, 0.3) is 0 Å². The van der Waals surface area contributed by atoms with E-state index in [4.69, 9.17) is 0 Å². The smallest absolute Gasteiger partial charge is 0.150 e. The van der Waals surface area contributed by atoms with E-state index in [2.05, 4.69) is 12.3 Å². The van der Waals surface area contributed by atoms with Crippen molar-refractivity contribution in [2.75, 3.05) is 0 Å². The third-order valence-corrected chi connectivity index (χ3v) is 1.88. The molecule has 0 atom stereocenters. The molecule has 0 heterocycles. The predicted octanol–water partition coefficient (Wildman–Crippen LogP) is 2.77. The van der Waals surface area contributed by atoms with Gasteiger partial charge in [0.05, 0.1) is 0 Å². The number of rotatable bonds is 4. The van der Waals surface area contributed by atoms with E-state index in [1.54, 1.807) is 0 Å². The third kappa shape index (κ3) is 2.73. The Labute approximate surface area is 78.4 Å². The molecule has 66 valence electrons. The van der Waals surface area contributed by atoms with Gasteiger partial charge in [0.25, 0.3) is 0 Å². The molecule has 0 aliphatic rings. The van der Waals surface area contributed by atoms with Gasteiger partial charge in [-0.15, -0.1) is 5.73 Å². The Bertz CT molecular complexity index is 333. The van der Waals surface area contributed by atoms with Crippen molar-refractivity contribution >= 4 is 6.29 Å². The lowest BCUT2D eigenvalue weighted by Gasteiger charge is -2.00. The van der Waals surface area contributed by atoms with E-state index in [1.807, 2.05) is 30.3 Å². The van der Waals surface area contributed by atoms with Crippen LogP contribution in [0.3, 0.4) is 0 Å². The molecule has 0 aliphatic carbocycles. The van der Waals surface area contributed by atoms with Gasteiger partial charge in [0.1, 0.15) is 6.29 Å². The van der Waals surface area contributed by atoms with Gasteiger partial charge in [-0.2, -0.15) is 0 Å². The lowest BCUT2D eigenvalue weighted by Crippen LogP contribution is -1.90. The van der Waals surface area contributed by atoms with Crippen LogP contribution in [0.2, 0.25) is 0 Å². The Morgan fingerprint density at radius 1 is 1.38 bits per heavy atom. The van der Waals surface area contributed by atoms with Gasteiger partial charge < -0.3 is 0 Å². The number of hydrogen-bond acceptors (Lipinski definition) is 1. The molecule has 0 radical (unpaired) electrons. The second kappa shape index (κ2) is 5.13. The van der Waals surface area contributed by atoms with E-state index in [-0.39, 0.29) is 0 Å². The molecule has 1 aromatic rings. The highest BCUT2D eigenvalue weighted by atomic mass is 16.1. The first-order valence-electron chi connectivity index (χ1n) is 4.26. The van der Waals surface area contributed by atoms with Crippen LogP contribution in [0.5, 0.6) is 0 Å². The summed E-state index contributed by atoms with van der Waals surface area (Å²) in [7, 11) is 0. The lowest BCUT2D eigenvalue weighted by molar-refractivity contribution is 0.112.